The highest BCUT2D eigenvalue weighted by atomic mass is 16.7. The van der Waals surface area contributed by atoms with E-state index < -0.39 is 5.97 Å². The second-order valence-electron chi connectivity index (χ2n) is 11.0. The Bertz CT molecular complexity index is 1050. The molecule has 3 aliphatic rings. The summed E-state index contributed by atoms with van der Waals surface area (Å²) in [5.74, 6) is -0.363. The predicted octanol–water partition coefficient (Wildman–Crippen LogP) is 5.93. The van der Waals surface area contributed by atoms with E-state index in [0.717, 1.165) is 49.8 Å². The van der Waals surface area contributed by atoms with Crippen molar-refractivity contribution in [3.05, 3.63) is 59.9 Å². The third-order valence-electron chi connectivity index (χ3n) is 7.73. The Morgan fingerprint density at radius 3 is 2.49 bits per heavy atom. The first-order chi connectivity index (χ1) is 20.0. The fourth-order valence-electron chi connectivity index (χ4n) is 5.43. The van der Waals surface area contributed by atoms with E-state index in [1.807, 2.05) is 43.3 Å². The Labute approximate surface area is 243 Å². The first kappa shape index (κ1) is 31.2. The molecule has 41 heavy (non-hydrogen) atoms. The molecule has 0 bridgehead atoms. The molecule has 0 spiro atoms. The minimum absolute atomic E-state index is 0.0582. The maximum atomic E-state index is 13.2. The first-order valence-electron chi connectivity index (χ1n) is 15.0. The van der Waals surface area contributed by atoms with Crippen LogP contribution in [0.15, 0.2) is 54.3 Å². The number of ether oxygens (including phenoxy) is 5. The number of benzene rings is 1. The molecular formula is C33H44O8. The van der Waals surface area contributed by atoms with Gasteiger partial charge in [-0.3, -0.25) is 9.59 Å². The van der Waals surface area contributed by atoms with Gasteiger partial charge in [-0.05, 0) is 82.6 Å². The summed E-state index contributed by atoms with van der Waals surface area (Å²) in [6.07, 6.45) is 13.5. The van der Waals surface area contributed by atoms with Crippen LogP contribution in [0.4, 0.5) is 0 Å². The van der Waals surface area contributed by atoms with E-state index in [9.17, 15) is 9.59 Å². The lowest BCUT2D eigenvalue weighted by molar-refractivity contribution is -0.192. The zero-order valence-corrected chi connectivity index (χ0v) is 24.1. The van der Waals surface area contributed by atoms with Gasteiger partial charge in [0.05, 0.1) is 6.10 Å². The number of hydrogen-bond acceptors (Lipinski definition) is 7. The van der Waals surface area contributed by atoms with Crippen molar-refractivity contribution < 1.29 is 38.4 Å². The van der Waals surface area contributed by atoms with Crippen molar-refractivity contribution in [1.82, 2.24) is 0 Å². The molecule has 0 aromatic heterocycles. The van der Waals surface area contributed by atoms with Crippen molar-refractivity contribution in [2.24, 2.45) is 11.8 Å². The van der Waals surface area contributed by atoms with Gasteiger partial charge in [-0.15, -0.1) is 5.73 Å². The summed E-state index contributed by atoms with van der Waals surface area (Å²) in [4.78, 5) is 23.9. The number of carbonyl (C=O) groups excluding carboxylic acids is 1. The minimum Gasteiger partial charge on any atom is -0.491 e. The number of rotatable bonds is 14. The molecule has 2 aliphatic heterocycles. The van der Waals surface area contributed by atoms with Crippen molar-refractivity contribution in [2.75, 3.05) is 19.8 Å². The van der Waals surface area contributed by atoms with E-state index >= 15 is 0 Å². The molecule has 8 nitrogen and oxygen atoms in total. The van der Waals surface area contributed by atoms with E-state index in [4.69, 9.17) is 28.8 Å². The number of carboxylic acids is 1. The van der Waals surface area contributed by atoms with Gasteiger partial charge in [0.2, 0.25) is 0 Å². The lowest BCUT2D eigenvalue weighted by Gasteiger charge is -2.29. The van der Waals surface area contributed by atoms with Gasteiger partial charge in [0.1, 0.15) is 24.2 Å². The van der Waals surface area contributed by atoms with Crippen LogP contribution < -0.4 is 4.74 Å². The average molecular weight is 569 g/mol. The van der Waals surface area contributed by atoms with Crippen LogP contribution in [0.1, 0.15) is 69.8 Å². The largest absolute Gasteiger partial charge is 0.491 e. The Morgan fingerprint density at radius 2 is 1.80 bits per heavy atom. The number of ketones is 1. The van der Waals surface area contributed by atoms with Gasteiger partial charge in [0.25, 0.3) is 0 Å². The zero-order chi connectivity index (χ0) is 28.9. The highest BCUT2D eigenvalue weighted by Crippen LogP contribution is 2.37. The maximum Gasteiger partial charge on any atom is 0.303 e. The Hall–Kier alpha value is -2.74. The van der Waals surface area contributed by atoms with Crippen molar-refractivity contribution in [3.63, 3.8) is 0 Å². The van der Waals surface area contributed by atoms with Crippen LogP contribution in [-0.2, 0) is 28.5 Å². The van der Waals surface area contributed by atoms with E-state index in [1.165, 1.54) is 0 Å². The molecule has 0 amide bonds. The first-order valence-corrected chi connectivity index (χ1v) is 15.0. The van der Waals surface area contributed by atoms with Crippen LogP contribution in [-0.4, -0.2) is 61.5 Å². The lowest BCUT2D eigenvalue weighted by atomic mass is 9.90. The topological polar surface area (TPSA) is 101 Å². The second-order valence-corrected chi connectivity index (χ2v) is 11.0. The van der Waals surface area contributed by atoms with E-state index in [2.05, 4.69) is 11.8 Å². The summed E-state index contributed by atoms with van der Waals surface area (Å²) in [6.45, 7) is 3.71. The SMILES string of the molecule is Cc1ccc(OCC(C=C[C@H]2C(OC3CCCCO3)CC(=O)[C@@H]2CC=C=CCCC(=O)O)OC2CCCCO2)cc1. The third-order valence-corrected chi connectivity index (χ3v) is 7.73. The molecule has 224 valence electrons. The molecular weight excluding hydrogens is 524 g/mol. The number of Topliss-reactive ketones (excluding diaryl/α,β-unsaturated/α-hetero) is 1. The quantitative estimate of drug-likeness (QED) is 0.218. The highest BCUT2D eigenvalue weighted by molar-refractivity contribution is 5.85. The van der Waals surface area contributed by atoms with Crippen LogP contribution in [0.25, 0.3) is 0 Å². The summed E-state index contributed by atoms with van der Waals surface area (Å²) in [7, 11) is 0. The molecule has 8 heteroatoms. The number of hydrogen-bond donors (Lipinski definition) is 1. The molecule has 1 aromatic carbocycles. The average Bonchev–Trinajstić information content (AvgIpc) is 3.27. The van der Waals surface area contributed by atoms with Gasteiger partial charge < -0.3 is 28.8 Å². The molecule has 0 radical (unpaired) electrons. The molecule has 1 aromatic rings. The minimum atomic E-state index is -0.842. The molecule has 3 fully saturated rings. The smallest absolute Gasteiger partial charge is 0.303 e. The number of carbonyl (C=O) groups is 2. The fraction of sp³-hybridized carbons (Fsp3) is 0.606. The van der Waals surface area contributed by atoms with Gasteiger partial charge in [-0.25, -0.2) is 0 Å². The Kier molecular flexibility index (Phi) is 12.7. The van der Waals surface area contributed by atoms with Crippen LogP contribution in [0, 0.1) is 18.8 Å². The lowest BCUT2D eigenvalue weighted by Crippen LogP contribution is -2.32. The standard InChI is InChI=1S/C33H44O8/c1-24-14-16-25(17-15-24)39-23-26(40-32-12-6-8-20-37-32)18-19-28-27(10-4-2-3-5-11-31(35)36)29(34)22-30(28)41-33-13-7-9-21-38-33/h3-4,14-19,26-28,30,32-33H,5-13,20-23H2,1H3,(H,35,36)/t2?,26?,27-,28-,30?,32?,33?/m1/s1. The van der Waals surface area contributed by atoms with E-state index in [0.29, 0.717) is 39.1 Å². The molecule has 1 aliphatic carbocycles. The molecule has 1 saturated carbocycles. The summed E-state index contributed by atoms with van der Waals surface area (Å²) < 4.78 is 30.5. The molecule has 2 heterocycles. The fourth-order valence-corrected chi connectivity index (χ4v) is 5.43. The number of allylic oxidation sites excluding steroid dienone is 1. The zero-order valence-electron chi connectivity index (χ0n) is 24.1. The van der Waals surface area contributed by atoms with E-state index in [1.54, 1.807) is 6.08 Å². The van der Waals surface area contributed by atoms with Crippen LogP contribution >= 0.6 is 0 Å². The number of aryl methyl sites for hydroxylation is 1. The van der Waals surface area contributed by atoms with Crippen LogP contribution in [0.2, 0.25) is 0 Å². The Morgan fingerprint density at radius 1 is 1.07 bits per heavy atom. The molecule has 4 rings (SSSR count). The van der Waals surface area contributed by atoms with Crippen molar-refractivity contribution in [2.45, 2.75) is 95.9 Å². The van der Waals surface area contributed by atoms with Crippen LogP contribution in [0.5, 0.6) is 5.75 Å². The van der Waals surface area contributed by atoms with Gasteiger partial charge >= 0.3 is 5.97 Å². The van der Waals surface area contributed by atoms with Crippen molar-refractivity contribution in [3.8, 4) is 5.75 Å². The third kappa shape index (κ3) is 10.6. The summed E-state index contributed by atoms with van der Waals surface area (Å²) in [5, 5.41) is 8.84. The number of aliphatic carboxylic acids is 1. The molecule has 1 N–H and O–H groups in total. The summed E-state index contributed by atoms with van der Waals surface area (Å²) in [6, 6.07) is 7.92. The summed E-state index contributed by atoms with van der Waals surface area (Å²) in [5.41, 5.74) is 4.21. The van der Waals surface area contributed by atoms with Gasteiger partial charge in [-0.2, -0.15) is 0 Å². The van der Waals surface area contributed by atoms with Gasteiger partial charge in [-0.1, -0.05) is 29.8 Å². The normalized spacial score (nSPS) is 27.3. The predicted molar refractivity (Wildman–Crippen MR) is 153 cm³/mol. The number of carboxylic acid groups (broad SMARTS) is 1. The van der Waals surface area contributed by atoms with Gasteiger partial charge in [0.15, 0.2) is 12.6 Å². The maximum absolute atomic E-state index is 13.2. The van der Waals surface area contributed by atoms with E-state index in [-0.39, 0.29) is 48.8 Å². The Balaban J connectivity index is 1.48. The highest BCUT2D eigenvalue weighted by Gasteiger charge is 2.42. The molecule has 4 unspecified atom stereocenters. The molecule has 6 atom stereocenters. The van der Waals surface area contributed by atoms with Crippen molar-refractivity contribution >= 4 is 11.8 Å². The summed E-state index contributed by atoms with van der Waals surface area (Å²) >= 11 is 0. The van der Waals surface area contributed by atoms with Gasteiger partial charge in [0, 0.05) is 37.9 Å². The van der Waals surface area contributed by atoms with Crippen molar-refractivity contribution in [1.29, 1.82) is 0 Å². The second kappa shape index (κ2) is 16.6. The monoisotopic (exact) mass is 568 g/mol. The molecule has 2 saturated heterocycles. The van der Waals surface area contributed by atoms with Crippen LogP contribution in [0.3, 0.4) is 0 Å².